The molecule has 10 nitrogen and oxygen atoms in total. The van der Waals surface area contributed by atoms with E-state index >= 15 is 19.2 Å². The lowest BCUT2D eigenvalue weighted by Gasteiger charge is -2.21. The zero-order valence-corrected chi connectivity index (χ0v) is 40.9. The van der Waals surface area contributed by atoms with Crippen molar-refractivity contribution >= 4 is 108 Å². The highest BCUT2D eigenvalue weighted by Gasteiger charge is 2.31. The second-order valence-corrected chi connectivity index (χ2v) is 21.9. The van der Waals surface area contributed by atoms with Gasteiger partial charge in [-0.05, 0) is 37.5 Å². The molecule has 0 bridgehead atoms. The number of hydrogen-bond acceptors (Lipinski definition) is 10. The highest BCUT2D eigenvalue weighted by Crippen LogP contribution is 2.44. The number of nitriles is 2. The van der Waals surface area contributed by atoms with Crippen LogP contribution >= 0.6 is 45.3 Å². The molecule has 4 heterocycles. The molecule has 64 heavy (non-hydrogen) atoms. The van der Waals surface area contributed by atoms with Gasteiger partial charge in [0.2, 0.25) is 0 Å². The number of nitrogens with zero attached hydrogens (tertiary/aromatic N) is 6. The average Bonchev–Trinajstić information content (AvgIpc) is 3.93. The van der Waals surface area contributed by atoms with Crippen LogP contribution in [-0.2, 0) is 13.1 Å². The molecule has 0 fully saturated rings. The minimum absolute atomic E-state index is 0.0559. The third-order valence-corrected chi connectivity index (χ3v) is 18.0. The van der Waals surface area contributed by atoms with Crippen LogP contribution in [0.5, 0.6) is 0 Å². The number of aromatic nitrogens is 2. The van der Waals surface area contributed by atoms with E-state index in [0.717, 1.165) is 174 Å². The molecular formula is C50H58N6O4S4. The van der Waals surface area contributed by atoms with Gasteiger partial charge in [0.25, 0.3) is 22.2 Å². The maximum atomic E-state index is 15.3. The largest absolute Gasteiger partial charge is 0.546 e. The van der Waals surface area contributed by atoms with Crippen molar-refractivity contribution < 1.29 is 0 Å². The Balaban J connectivity index is 1.77. The van der Waals surface area contributed by atoms with Gasteiger partial charge in [0.1, 0.15) is 29.1 Å². The summed E-state index contributed by atoms with van der Waals surface area (Å²) in [5, 5.41) is 21.4. The Morgan fingerprint density at radius 1 is 0.484 bits per heavy atom. The standard InChI is InChI=1S/C50H58N6O4S4/c1-7-11-15-19-23-31(24-20-16-12-8-2)29-55-45(57)36-34-35-37(41-40(36)61-49(62-41)33(27-51)28-52)46(58)56(30-32(25-21-17-13-9-3)26-22-18-14-10-4)48(60)39(35)43-42(38(34)47(55)59)63-50(64-43)44(53-5)54-6/h31-32H,7-26,29-30H2,1-4H3. The van der Waals surface area contributed by atoms with Gasteiger partial charge in [0.05, 0.1) is 40.3 Å². The fraction of sp³-hybridized carbons (Fsp3) is 0.560. The molecule has 336 valence electrons. The highest BCUT2D eigenvalue weighted by molar-refractivity contribution is 7.38. The molecule has 6 aromatic rings. The molecule has 6 rings (SSSR count). The van der Waals surface area contributed by atoms with Gasteiger partial charge < -0.3 is 0 Å². The van der Waals surface area contributed by atoms with Crippen LogP contribution in [0.3, 0.4) is 0 Å². The molecule has 14 heteroatoms. The Kier molecular flexibility index (Phi) is 17.5. The third-order valence-electron chi connectivity index (χ3n) is 12.8. The molecule has 0 saturated heterocycles. The lowest BCUT2D eigenvalue weighted by molar-refractivity contribution is 0.352. The first-order valence-electron chi connectivity index (χ1n) is 23.3. The van der Waals surface area contributed by atoms with Gasteiger partial charge in [0, 0.05) is 23.9 Å². The number of rotatable bonds is 24. The molecule has 0 spiro atoms. The summed E-state index contributed by atoms with van der Waals surface area (Å²) in [6.07, 6.45) is 20.4. The van der Waals surface area contributed by atoms with E-state index in [-0.39, 0.29) is 68.6 Å². The van der Waals surface area contributed by atoms with Crippen LogP contribution in [0, 0.1) is 47.6 Å². The summed E-state index contributed by atoms with van der Waals surface area (Å²) in [5.41, 5.74) is -2.20. The zero-order valence-electron chi connectivity index (χ0n) is 37.7. The first-order chi connectivity index (χ1) is 31.1. The Bertz CT molecular complexity index is 2790. The van der Waals surface area contributed by atoms with Gasteiger partial charge in [-0.15, -0.1) is 45.3 Å². The summed E-state index contributed by atoms with van der Waals surface area (Å²) in [4.78, 5) is 68.2. The van der Waals surface area contributed by atoms with Crippen LogP contribution in [0.1, 0.15) is 156 Å². The highest BCUT2D eigenvalue weighted by atomic mass is 32.2. The molecular weight excluding hydrogens is 877 g/mol. The van der Waals surface area contributed by atoms with Crippen LogP contribution in [0.15, 0.2) is 19.2 Å². The van der Waals surface area contributed by atoms with E-state index in [4.69, 9.17) is 13.1 Å². The van der Waals surface area contributed by atoms with Crippen molar-refractivity contribution in [2.24, 2.45) is 11.8 Å². The monoisotopic (exact) mass is 934 g/mol. The van der Waals surface area contributed by atoms with E-state index in [1.807, 2.05) is 12.1 Å². The van der Waals surface area contributed by atoms with Crippen molar-refractivity contribution in [2.45, 2.75) is 169 Å². The topological polar surface area (TPSA) is 134 Å². The summed E-state index contributed by atoms with van der Waals surface area (Å²) in [7, 11) is 0. The van der Waals surface area contributed by atoms with Crippen LogP contribution in [0.2, 0.25) is 0 Å². The van der Waals surface area contributed by atoms with Crippen molar-refractivity contribution in [3.05, 3.63) is 71.9 Å². The molecule has 0 N–H and O–H groups in total. The zero-order chi connectivity index (χ0) is 45.9. The minimum atomic E-state index is -0.515. The van der Waals surface area contributed by atoms with E-state index in [1.165, 1.54) is 9.13 Å². The molecule has 4 aromatic heterocycles. The van der Waals surface area contributed by atoms with Crippen molar-refractivity contribution in [1.82, 2.24) is 9.13 Å². The number of unbranched alkanes of at least 4 members (excludes halogenated alkanes) is 12. The normalized spacial score (nSPS) is 11.7. The Morgan fingerprint density at radius 3 is 1.05 bits per heavy atom. The van der Waals surface area contributed by atoms with Crippen molar-refractivity contribution in [3.63, 3.8) is 0 Å². The first kappa shape index (κ1) is 48.7. The van der Waals surface area contributed by atoms with Crippen LogP contribution in [0.4, 0.5) is 0 Å². The number of hydrogen-bond donors (Lipinski definition) is 0. The van der Waals surface area contributed by atoms with Crippen LogP contribution in [0.25, 0.3) is 72.2 Å². The lowest BCUT2D eigenvalue weighted by Crippen LogP contribution is -2.38. The molecule has 0 aliphatic heterocycles. The molecule has 0 aliphatic rings. The fourth-order valence-corrected chi connectivity index (χ4v) is 14.6. The van der Waals surface area contributed by atoms with E-state index in [1.54, 1.807) is 0 Å². The quantitative estimate of drug-likeness (QED) is 0.0337. The Hall–Kier alpha value is -4.70. The van der Waals surface area contributed by atoms with Crippen molar-refractivity contribution in [1.29, 1.82) is 10.5 Å². The molecule has 0 amide bonds. The van der Waals surface area contributed by atoms with Crippen LogP contribution < -0.4 is 29.9 Å². The molecule has 0 aliphatic carbocycles. The Morgan fingerprint density at radius 2 is 0.781 bits per heavy atom. The summed E-state index contributed by atoms with van der Waals surface area (Å²) in [5.74, 6) is -0.0643. The lowest BCUT2D eigenvalue weighted by atomic mass is 9.92. The second kappa shape index (κ2) is 23.0. The van der Waals surface area contributed by atoms with E-state index in [2.05, 4.69) is 37.4 Å². The molecule has 0 unspecified atom stereocenters. The molecule has 0 atom stereocenters. The maximum absolute atomic E-state index is 15.3. The van der Waals surface area contributed by atoms with E-state index < -0.39 is 22.2 Å². The second-order valence-electron chi connectivity index (χ2n) is 17.3. The van der Waals surface area contributed by atoms with Gasteiger partial charge in [-0.1, -0.05) is 130 Å². The number of pyridine rings is 2. The maximum Gasteiger partial charge on any atom is 0.546 e. The summed E-state index contributed by atoms with van der Waals surface area (Å²) < 4.78 is 5.06. The van der Waals surface area contributed by atoms with E-state index in [0.29, 0.717) is 26.5 Å². The third kappa shape index (κ3) is 9.92. The predicted octanol–water partition coefficient (Wildman–Crippen LogP) is 12.4. The van der Waals surface area contributed by atoms with Gasteiger partial charge in [-0.2, -0.15) is 20.2 Å². The van der Waals surface area contributed by atoms with Gasteiger partial charge in [-0.3, -0.25) is 28.3 Å². The van der Waals surface area contributed by atoms with Crippen LogP contribution in [-0.4, -0.2) is 9.13 Å². The smallest absolute Gasteiger partial charge is 0.274 e. The average molecular weight is 935 g/mol. The van der Waals surface area contributed by atoms with Crippen molar-refractivity contribution in [3.8, 4) is 12.1 Å². The molecule has 0 radical (unpaired) electrons. The predicted molar refractivity (Wildman–Crippen MR) is 270 cm³/mol. The Labute approximate surface area is 390 Å². The van der Waals surface area contributed by atoms with Gasteiger partial charge >= 0.3 is 5.82 Å². The van der Waals surface area contributed by atoms with Gasteiger partial charge in [-0.25, -0.2) is 0 Å². The fourth-order valence-electron chi connectivity index (χ4n) is 9.37. The minimum Gasteiger partial charge on any atom is -0.274 e. The van der Waals surface area contributed by atoms with Gasteiger partial charge in [0.15, 0.2) is 9.42 Å². The molecule has 0 saturated carbocycles. The van der Waals surface area contributed by atoms with E-state index in [9.17, 15) is 10.5 Å². The first-order valence-corrected chi connectivity index (χ1v) is 26.6. The number of fused-ring (bicyclic) bond motifs is 6. The summed E-state index contributed by atoms with van der Waals surface area (Å²) in [6, 6.07) is 3.99. The summed E-state index contributed by atoms with van der Waals surface area (Å²) in [6.45, 7) is 24.8. The SMILES string of the molecule is [C-]#[N+]C([N+]#[C-])=c1sc2c(s1)c1c(=O)n(CC(CCCCCC)CCCCCC)c(=O)c3c4sc(=C(C#N)C#N)sc4c4c(=O)n(CC(CCCCCC)CCCCCC)c(=O)c2c4c31. The number of benzene rings is 2. The summed E-state index contributed by atoms with van der Waals surface area (Å²) >= 11 is 4.44. The molecule has 2 aromatic carbocycles. The van der Waals surface area contributed by atoms with Crippen molar-refractivity contribution in [2.75, 3.05) is 0 Å².